The highest BCUT2D eigenvalue weighted by molar-refractivity contribution is 5.91. The summed E-state index contributed by atoms with van der Waals surface area (Å²) in [5.74, 6) is 0. The van der Waals surface area contributed by atoms with Gasteiger partial charge in [-0.1, -0.05) is 203 Å². The van der Waals surface area contributed by atoms with E-state index in [-0.39, 0.29) is 10.8 Å². The smallest absolute Gasteiger partial charge is 0.0465 e. The number of hydrogen-bond acceptors (Lipinski definition) is 1. The molecule has 67 heavy (non-hydrogen) atoms. The molecule has 0 N–H and O–H groups in total. The molecule has 9 aromatic carbocycles. The van der Waals surface area contributed by atoms with Gasteiger partial charge < -0.3 is 4.90 Å². The van der Waals surface area contributed by atoms with Crippen LogP contribution in [0.15, 0.2) is 212 Å². The fourth-order valence-electron chi connectivity index (χ4n) is 12.3. The lowest BCUT2D eigenvalue weighted by Crippen LogP contribution is -2.23. The Bertz CT molecular complexity index is 3250. The predicted molar refractivity (Wildman–Crippen MR) is 284 cm³/mol. The largest absolute Gasteiger partial charge is 0.310 e. The van der Waals surface area contributed by atoms with Crippen molar-refractivity contribution < 1.29 is 0 Å². The van der Waals surface area contributed by atoms with E-state index in [9.17, 15) is 0 Å². The fraction of sp³-hybridized carbons (Fsp3) is 0.152. The zero-order valence-electron chi connectivity index (χ0n) is 38.6. The first-order chi connectivity index (χ1) is 33.1. The van der Waals surface area contributed by atoms with E-state index in [0.717, 1.165) is 24.2 Å². The van der Waals surface area contributed by atoms with Gasteiger partial charge >= 0.3 is 0 Å². The Morgan fingerprint density at radius 1 is 0.358 bits per heavy atom. The van der Waals surface area contributed by atoms with Crippen molar-refractivity contribution in [2.24, 2.45) is 0 Å². The van der Waals surface area contributed by atoms with Crippen LogP contribution < -0.4 is 4.90 Å². The number of anilines is 3. The van der Waals surface area contributed by atoms with E-state index in [1.807, 2.05) is 0 Å². The molecule has 1 saturated carbocycles. The number of benzene rings is 9. The molecule has 0 heterocycles. The quantitative estimate of drug-likeness (QED) is 0.124. The van der Waals surface area contributed by atoms with Gasteiger partial charge in [0, 0.05) is 27.9 Å². The van der Waals surface area contributed by atoms with Crippen molar-refractivity contribution >= 4 is 29.2 Å². The molecular weight excluding hydrogens is 807 g/mol. The first-order valence-electron chi connectivity index (χ1n) is 24.5. The van der Waals surface area contributed by atoms with E-state index in [1.165, 1.54) is 120 Å². The molecule has 0 bridgehead atoms. The molecule has 3 aliphatic rings. The van der Waals surface area contributed by atoms with E-state index in [1.54, 1.807) is 0 Å². The highest BCUT2D eigenvalue weighted by Crippen LogP contribution is 2.58. The van der Waals surface area contributed by atoms with E-state index in [2.05, 4.69) is 243 Å². The molecule has 0 unspecified atom stereocenters. The fourth-order valence-corrected chi connectivity index (χ4v) is 12.3. The third-order valence-corrected chi connectivity index (χ3v) is 15.7. The number of nitrogens with zero attached hydrogens (tertiary/aromatic N) is 1. The second kappa shape index (κ2) is 16.7. The van der Waals surface area contributed by atoms with Crippen LogP contribution >= 0.6 is 0 Å². The Kier molecular flexibility index (Phi) is 10.2. The van der Waals surface area contributed by atoms with Gasteiger partial charge in [0.05, 0.1) is 0 Å². The lowest BCUT2D eigenvalue weighted by atomic mass is 9.73. The van der Waals surface area contributed by atoms with Crippen LogP contribution in [0.25, 0.3) is 67.8 Å². The highest BCUT2D eigenvalue weighted by Gasteiger charge is 2.45. The monoisotopic (exact) mass is 861 g/mol. The minimum atomic E-state index is -0.0717. The summed E-state index contributed by atoms with van der Waals surface area (Å²) in [7, 11) is 0. The van der Waals surface area contributed by atoms with Crippen molar-refractivity contribution in [3.63, 3.8) is 0 Å². The number of rotatable bonds is 10. The summed E-state index contributed by atoms with van der Waals surface area (Å²) in [6.45, 7) is 4.73. The summed E-state index contributed by atoms with van der Waals surface area (Å²) in [6.07, 6.45) is 11.7. The molecule has 1 heteroatoms. The molecule has 1 fully saturated rings. The molecule has 1 nitrogen and oxygen atoms in total. The zero-order valence-corrected chi connectivity index (χ0v) is 38.6. The van der Waals surface area contributed by atoms with Crippen LogP contribution in [0.1, 0.15) is 85.8 Å². The van der Waals surface area contributed by atoms with Crippen LogP contribution in [0.5, 0.6) is 0 Å². The third kappa shape index (κ3) is 6.82. The Morgan fingerprint density at radius 3 is 1.58 bits per heavy atom. The van der Waals surface area contributed by atoms with Crippen LogP contribution in [0.2, 0.25) is 0 Å². The summed E-state index contributed by atoms with van der Waals surface area (Å²) < 4.78 is 0. The van der Waals surface area contributed by atoms with Crippen LogP contribution in [-0.4, -0.2) is 0 Å². The molecule has 12 rings (SSSR count). The second-order valence-corrected chi connectivity index (χ2v) is 19.0. The lowest BCUT2D eigenvalue weighted by Gasteiger charge is -2.32. The number of hydrogen-bond donors (Lipinski definition) is 0. The molecular formula is C66H55N. The van der Waals surface area contributed by atoms with Crippen molar-refractivity contribution in [2.75, 3.05) is 4.90 Å². The molecule has 3 aliphatic carbocycles. The molecule has 0 aromatic heterocycles. The van der Waals surface area contributed by atoms with Gasteiger partial charge in [0.15, 0.2) is 0 Å². The van der Waals surface area contributed by atoms with Gasteiger partial charge in [0.1, 0.15) is 0 Å². The van der Waals surface area contributed by atoms with Crippen LogP contribution in [0.3, 0.4) is 0 Å². The number of fused-ring (bicyclic) bond motifs is 8. The molecule has 1 spiro atoms. The average Bonchev–Trinajstić information content (AvgIpc) is 4.08. The van der Waals surface area contributed by atoms with Gasteiger partial charge in [0.2, 0.25) is 0 Å². The van der Waals surface area contributed by atoms with Crippen LogP contribution in [0.4, 0.5) is 17.1 Å². The Morgan fingerprint density at radius 2 is 0.881 bits per heavy atom. The van der Waals surface area contributed by atoms with Crippen molar-refractivity contribution in [3.05, 3.63) is 246 Å². The molecule has 9 aromatic rings. The Hall–Kier alpha value is -7.48. The normalized spacial score (nSPS) is 14.8. The molecule has 0 amide bonds. The summed E-state index contributed by atoms with van der Waals surface area (Å²) in [5.41, 5.74) is 25.0. The molecule has 0 radical (unpaired) electrons. The average molecular weight is 862 g/mol. The predicted octanol–water partition coefficient (Wildman–Crippen LogP) is 18.3. The maximum Gasteiger partial charge on any atom is 0.0465 e. The Balaban J connectivity index is 0.870. The maximum atomic E-state index is 2.54. The van der Waals surface area contributed by atoms with E-state index in [0.29, 0.717) is 0 Å². The standard InChI is InChI=1S/C66H55N/c1-3-65(4-2)62-42-47(30-36-57(62)59-39-35-54(45-64(59)65)67(52-20-10-6-11-21-52)53-22-12-7-13-23-53)27-26-46-28-31-49(32-29-46)60-43-50(48-18-8-5-9-19-48)33-37-55(60)51-34-38-58-56-24-14-15-25-61(56)66(63(58)44-51)40-16-17-41-66/h5-15,18-39,42-45H,3-4,16-17,40-41H2,1-2H3/b27-26+. The first kappa shape index (κ1) is 41.0. The van der Waals surface area contributed by atoms with Crippen molar-refractivity contribution in [1.82, 2.24) is 0 Å². The summed E-state index contributed by atoms with van der Waals surface area (Å²) in [4.78, 5) is 2.39. The maximum absolute atomic E-state index is 2.54. The van der Waals surface area contributed by atoms with Gasteiger partial charge in [-0.05, 0) is 163 Å². The van der Waals surface area contributed by atoms with Gasteiger partial charge in [0.25, 0.3) is 0 Å². The molecule has 0 saturated heterocycles. The van der Waals surface area contributed by atoms with Gasteiger partial charge in [-0.3, -0.25) is 0 Å². The SMILES string of the molecule is CCC1(CC)c2cc(/C=C/c3ccc(-c4cc(-c5ccccc5)ccc4-c4ccc5c(c4)C4(CCCC4)c4ccccc4-5)cc3)ccc2-c2ccc(N(c3ccccc3)c3ccccc3)cc21. The molecule has 0 atom stereocenters. The lowest BCUT2D eigenvalue weighted by molar-refractivity contribution is 0.490. The third-order valence-electron chi connectivity index (χ3n) is 15.7. The zero-order chi connectivity index (χ0) is 45.0. The van der Waals surface area contributed by atoms with E-state index in [4.69, 9.17) is 0 Å². The summed E-state index contributed by atoms with van der Waals surface area (Å²) >= 11 is 0. The molecule has 0 aliphatic heterocycles. The van der Waals surface area contributed by atoms with Crippen LogP contribution in [0, 0.1) is 0 Å². The van der Waals surface area contributed by atoms with Crippen molar-refractivity contribution in [3.8, 4) is 55.6 Å². The second-order valence-electron chi connectivity index (χ2n) is 19.0. The van der Waals surface area contributed by atoms with Gasteiger partial charge in [-0.2, -0.15) is 0 Å². The first-order valence-corrected chi connectivity index (χ1v) is 24.5. The number of para-hydroxylation sites is 2. The van der Waals surface area contributed by atoms with Gasteiger partial charge in [-0.25, -0.2) is 0 Å². The van der Waals surface area contributed by atoms with E-state index < -0.39 is 0 Å². The minimum absolute atomic E-state index is 0.0717. The van der Waals surface area contributed by atoms with Crippen molar-refractivity contribution in [2.45, 2.75) is 63.2 Å². The molecule has 324 valence electrons. The highest BCUT2D eigenvalue weighted by atomic mass is 15.1. The van der Waals surface area contributed by atoms with Crippen LogP contribution in [-0.2, 0) is 10.8 Å². The van der Waals surface area contributed by atoms with E-state index >= 15 is 0 Å². The Labute approximate surface area is 396 Å². The van der Waals surface area contributed by atoms with Crippen molar-refractivity contribution in [1.29, 1.82) is 0 Å². The van der Waals surface area contributed by atoms with Gasteiger partial charge in [-0.15, -0.1) is 0 Å². The summed E-state index contributed by atoms with van der Waals surface area (Å²) in [5, 5.41) is 0. The summed E-state index contributed by atoms with van der Waals surface area (Å²) in [6, 6.07) is 79.3. The topological polar surface area (TPSA) is 3.24 Å². The minimum Gasteiger partial charge on any atom is -0.310 e.